The van der Waals surface area contributed by atoms with E-state index in [-0.39, 0.29) is 29.1 Å². The van der Waals surface area contributed by atoms with Gasteiger partial charge in [0.25, 0.3) is 5.56 Å². The molecule has 130 valence electrons. The average molecular weight is 339 g/mol. The van der Waals surface area contributed by atoms with Crippen molar-refractivity contribution in [2.45, 2.75) is 33.2 Å². The van der Waals surface area contributed by atoms with Crippen molar-refractivity contribution in [3.8, 4) is 17.2 Å². The highest BCUT2D eigenvalue weighted by molar-refractivity contribution is 6.03. The quantitative estimate of drug-likeness (QED) is 0.816. The smallest absolute Gasteiger partial charge is 0.342 e. The Morgan fingerprint density at radius 3 is 2.52 bits per heavy atom. The minimum Gasteiger partial charge on any atom is -0.462 e. The fourth-order valence-electron chi connectivity index (χ4n) is 2.68. The molecule has 2 aromatic rings. The average Bonchev–Trinajstić information content (AvgIpc) is 2.62. The third-order valence-electron chi connectivity index (χ3n) is 3.90. The van der Waals surface area contributed by atoms with Gasteiger partial charge in [-0.3, -0.25) is 9.36 Å². The van der Waals surface area contributed by atoms with Crippen LogP contribution in [0.5, 0.6) is 0 Å². The Balaban J connectivity index is 2.87. The number of anilines is 1. The van der Waals surface area contributed by atoms with E-state index in [0.717, 1.165) is 6.42 Å². The van der Waals surface area contributed by atoms with Gasteiger partial charge in [0, 0.05) is 12.1 Å². The molecule has 0 aliphatic carbocycles. The number of aromatic nitrogens is 1. The molecular formula is C19H21N3O3. The van der Waals surface area contributed by atoms with Crippen molar-refractivity contribution in [1.29, 1.82) is 5.26 Å². The van der Waals surface area contributed by atoms with Crippen molar-refractivity contribution in [1.82, 2.24) is 4.57 Å². The molecule has 2 rings (SSSR count). The highest BCUT2D eigenvalue weighted by atomic mass is 16.5. The SMILES string of the molecule is CCCCn1c(N)c(C(=O)OCC)c(-c2ccccc2)c(C#N)c1=O. The van der Waals surface area contributed by atoms with Gasteiger partial charge in [-0.25, -0.2) is 4.79 Å². The van der Waals surface area contributed by atoms with Crippen LogP contribution in [0.4, 0.5) is 5.82 Å². The van der Waals surface area contributed by atoms with Crippen LogP contribution in [0.2, 0.25) is 0 Å². The number of rotatable bonds is 6. The molecule has 0 saturated carbocycles. The normalized spacial score (nSPS) is 10.3. The number of nitriles is 1. The van der Waals surface area contributed by atoms with Gasteiger partial charge in [0.05, 0.1) is 6.61 Å². The van der Waals surface area contributed by atoms with Gasteiger partial charge >= 0.3 is 5.97 Å². The van der Waals surface area contributed by atoms with Crippen molar-refractivity contribution < 1.29 is 9.53 Å². The predicted molar refractivity (Wildman–Crippen MR) is 96.1 cm³/mol. The van der Waals surface area contributed by atoms with Crippen molar-refractivity contribution in [2.24, 2.45) is 0 Å². The second-order valence-electron chi connectivity index (χ2n) is 5.52. The molecule has 0 amide bonds. The van der Waals surface area contributed by atoms with Crippen LogP contribution in [-0.2, 0) is 11.3 Å². The standard InChI is InChI=1S/C19H21N3O3/c1-3-5-11-22-17(21)16(19(24)25-4-2)15(14(12-20)18(22)23)13-9-7-6-8-10-13/h6-10H,3-5,11,21H2,1-2H3. The number of hydrogen-bond donors (Lipinski definition) is 1. The maximum atomic E-state index is 12.8. The maximum Gasteiger partial charge on any atom is 0.342 e. The van der Waals surface area contributed by atoms with Gasteiger partial charge in [-0.1, -0.05) is 43.7 Å². The van der Waals surface area contributed by atoms with Crippen molar-refractivity contribution >= 4 is 11.8 Å². The largest absolute Gasteiger partial charge is 0.462 e. The number of nitrogen functional groups attached to an aromatic ring is 1. The van der Waals surface area contributed by atoms with E-state index in [4.69, 9.17) is 10.5 Å². The summed E-state index contributed by atoms with van der Waals surface area (Å²) in [4.78, 5) is 25.3. The summed E-state index contributed by atoms with van der Waals surface area (Å²) in [7, 11) is 0. The van der Waals surface area contributed by atoms with E-state index in [1.54, 1.807) is 31.2 Å². The minimum atomic E-state index is -0.638. The number of esters is 1. The number of ether oxygens (including phenoxy) is 1. The van der Waals surface area contributed by atoms with Crippen LogP contribution >= 0.6 is 0 Å². The lowest BCUT2D eigenvalue weighted by atomic mass is 9.95. The Kier molecular flexibility index (Phi) is 5.96. The predicted octanol–water partition coefficient (Wildman–Crippen LogP) is 2.95. The van der Waals surface area contributed by atoms with Crippen molar-refractivity contribution in [3.05, 3.63) is 51.8 Å². The summed E-state index contributed by atoms with van der Waals surface area (Å²) < 4.78 is 6.42. The number of nitrogens with two attached hydrogens (primary N) is 1. The molecular weight excluding hydrogens is 318 g/mol. The van der Waals surface area contributed by atoms with E-state index >= 15 is 0 Å². The van der Waals surface area contributed by atoms with Crippen LogP contribution in [0.1, 0.15) is 42.6 Å². The Morgan fingerprint density at radius 1 is 1.28 bits per heavy atom. The monoisotopic (exact) mass is 339 g/mol. The second kappa shape index (κ2) is 8.15. The van der Waals surface area contributed by atoms with Crippen LogP contribution in [0, 0.1) is 11.3 Å². The third kappa shape index (κ3) is 3.56. The molecule has 0 unspecified atom stereocenters. The Morgan fingerprint density at radius 2 is 1.96 bits per heavy atom. The van der Waals surface area contributed by atoms with E-state index in [1.165, 1.54) is 4.57 Å². The summed E-state index contributed by atoms with van der Waals surface area (Å²) >= 11 is 0. The zero-order chi connectivity index (χ0) is 18.4. The number of pyridine rings is 1. The van der Waals surface area contributed by atoms with E-state index in [2.05, 4.69) is 0 Å². The molecule has 0 aliphatic rings. The van der Waals surface area contributed by atoms with Gasteiger partial charge in [-0.2, -0.15) is 5.26 Å². The topological polar surface area (TPSA) is 98.1 Å². The molecule has 1 aromatic carbocycles. The first-order chi connectivity index (χ1) is 12.1. The number of hydrogen-bond acceptors (Lipinski definition) is 5. The zero-order valence-electron chi connectivity index (χ0n) is 14.4. The molecule has 0 spiro atoms. The molecule has 1 heterocycles. The van der Waals surface area contributed by atoms with E-state index < -0.39 is 11.5 Å². The highest BCUT2D eigenvalue weighted by Gasteiger charge is 2.26. The van der Waals surface area contributed by atoms with Crippen molar-refractivity contribution in [3.63, 3.8) is 0 Å². The number of unbranched alkanes of at least 4 members (excludes halogenated alkanes) is 1. The summed E-state index contributed by atoms with van der Waals surface area (Å²) in [5.41, 5.74) is 6.47. The molecule has 1 aromatic heterocycles. The fourth-order valence-corrected chi connectivity index (χ4v) is 2.68. The summed E-state index contributed by atoms with van der Waals surface area (Å²) in [5, 5.41) is 9.58. The van der Waals surface area contributed by atoms with Gasteiger partial charge in [0.1, 0.15) is 23.0 Å². The number of carbonyl (C=O) groups excluding carboxylic acids is 1. The fraction of sp³-hybridized carbons (Fsp3) is 0.316. The van der Waals surface area contributed by atoms with E-state index in [0.29, 0.717) is 18.5 Å². The van der Waals surface area contributed by atoms with E-state index in [1.807, 2.05) is 19.1 Å². The number of benzene rings is 1. The van der Waals surface area contributed by atoms with Gasteiger partial charge < -0.3 is 10.5 Å². The molecule has 2 N–H and O–H groups in total. The number of nitrogens with zero attached hydrogens (tertiary/aromatic N) is 2. The Labute approximate surface area is 146 Å². The lowest BCUT2D eigenvalue weighted by Gasteiger charge is -2.18. The molecule has 25 heavy (non-hydrogen) atoms. The molecule has 0 radical (unpaired) electrons. The molecule has 6 nitrogen and oxygen atoms in total. The summed E-state index contributed by atoms with van der Waals surface area (Å²) in [6, 6.07) is 10.8. The van der Waals surface area contributed by atoms with Crippen molar-refractivity contribution in [2.75, 3.05) is 12.3 Å². The molecule has 0 saturated heterocycles. The first-order valence-corrected chi connectivity index (χ1v) is 8.25. The lowest BCUT2D eigenvalue weighted by molar-refractivity contribution is 0.0527. The third-order valence-corrected chi connectivity index (χ3v) is 3.90. The second-order valence-corrected chi connectivity index (χ2v) is 5.52. The Hall–Kier alpha value is -3.07. The number of carbonyl (C=O) groups is 1. The van der Waals surface area contributed by atoms with Crippen LogP contribution < -0.4 is 11.3 Å². The summed E-state index contributed by atoms with van der Waals surface area (Å²) in [5.74, 6) is -0.602. The summed E-state index contributed by atoms with van der Waals surface area (Å²) in [6.45, 7) is 4.19. The molecule has 0 bridgehead atoms. The maximum absolute atomic E-state index is 12.8. The van der Waals surface area contributed by atoms with Gasteiger partial charge in [0.15, 0.2) is 0 Å². The minimum absolute atomic E-state index is 0.0368. The lowest BCUT2D eigenvalue weighted by Crippen LogP contribution is -2.29. The first kappa shape index (κ1) is 18.3. The Bertz CT molecular complexity index is 864. The van der Waals surface area contributed by atoms with Crippen LogP contribution in [0.3, 0.4) is 0 Å². The first-order valence-electron chi connectivity index (χ1n) is 8.25. The van der Waals surface area contributed by atoms with E-state index in [9.17, 15) is 14.9 Å². The van der Waals surface area contributed by atoms with Crippen LogP contribution in [0.25, 0.3) is 11.1 Å². The van der Waals surface area contributed by atoms with Gasteiger partial charge in [-0.05, 0) is 18.9 Å². The van der Waals surface area contributed by atoms with Gasteiger partial charge in [-0.15, -0.1) is 0 Å². The zero-order valence-corrected chi connectivity index (χ0v) is 14.4. The summed E-state index contributed by atoms with van der Waals surface area (Å²) in [6.07, 6.45) is 1.56. The van der Waals surface area contributed by atoms with Crippen LogP contribution in [0.15, 0.2) is 35.1 Å². The molecule has 0 aliphatic heterocycles. The molecule has 0 fully saturated rings. The van der Waals surface area contributed by atoms with Gasteiger partial charge in [0.2, 0.25) is 0 Å². The molecule has 0 atom stereocenters. The van der Waals surface area contributed by atoms with Crippen LogP contribution in [-0.4, -0.2) is 17.1 Å². The molecule has 6 heteroatoms. The highest BCUT2D eigenvalue weighted by Crippen LogP contribution is 2.30.